The minimum atomic E-state index is -4.91. The molecule has 0 amide bonds. The van der Waals surface area contributed by atoms with Crippen LogP contribution in [-0.4, -0.2) is 11.5 Å². The van der Waals surface area contributed by atoms with Crippen LogP contribution in [0.4, 0.5) is 17.3 Å². The van der Waals surface area contributed by atoms with Crippen molar-refractivity contribution in [1.82, 2.24) is 4.57 Å². The molecule has 0 unspecified atom stereocenters. The van der Waals surface area contributed by atoms with Gasteiger partial charge in [0.1, 0.15) is 5.82 Å². The van der Waals surface area contributed by atoms with Crippen LogP contribution in [0.25, 0.3) is 10.9 Å². The van der Waals surface area contributed by atoms with E-state index in [4.69, 9.17) is 0 Å². The molecular formula is C9H7BF4N-. The monoisotopic (exact) mass is 216 g/mol. The van der Waals surface area contributed by atoms with E-state index >= 15 is 0 Å². The zero-order chi connectivity index (χ0) is 11.1. The number of nitrogens with zero attached hydrogens (tertiary/aromatic N) is 1. The molecule has 0 fully saturated rings. The van der Waals surface area contributed by atoms with E-state index in [9.17, 15) is 17.3 Å². The van der Waals surface area contributed by atoms with E-state index in [0.29, 0.717) is 0 Å². The summed E-state index contributed by atoms with van der Waals surface area (Å²) < 4.78 is 50.7. The molecule has 0 bridgehead atoms. The van der Waals surface area contributed by atoms with Crippen molar-refractivity contribution < 1.29 is 17.3 Å². The van der Waals surface area contributed by atoms with Gasteiger partial charge in [-0.3, -0.25) is 0 Å². The number of hydrogen-bond donors (Lipinski definition) is 0. The molecule has 80 valence electrons. The molecule has 0 aliphatic rings. The first-order valence-corrected chi connectivity index (χ1v) is 4.42. The van der Waals surface area contributed by atoms with Crippen molar-refractivity contribution in [3.63, 3.8) is 0 Å². The Labute approximate surface area is 83.4 Å². The molecule has 1 nitrogen and oxygen atoms in total. The predicted molar refractivity (Wildman–Crippen MR) is 51.0 cm³/mol. The molecule has 0 saturated heterocycles. The van der Waals surface area contributed by atoms with Gasteiger partial charge in [0.15, 0.2) is 0 Å². The van der Waals surface area contributed by atoms with Crippen LogP contribution < -0.4 is 0 Å². The van der Waals surface area contributed by atoms with Gasteiger partial charge in [-0.05, 0) is 24.6 Å². The first-order chi connectivity index (χ1) is 6.97. The second-order valence-electron chi connectivity index (χ2n) is 3.35. The highest BCUT2D eigenvalue weighted by Crippen LogP contribution is 2.21. The van der Waals surface area contributed by atoms with Crippen molar-refractivity contribution in [3.8, 4) is 0 Å². The Morgan fingerprint density at radius 3 is 2.53 bits per heavy atom. The molecule has 0 N–H and O–H groups in total. The first kappa shape index (κ1) is 10.1. The molecule has 0 spiro atoms. The molecule has 0 aliphatic heterocycles. The number of rotatable bonds is 2. The molecule has 1 heterocycles. The molecule has 0 radical (unpaired) electrons. The Balaban J connectivity index is 2.50. The fourth-order valence-corrected chi connectivity index (χ4v) is 1.57. The summed E-state index contributed by atoms with van der Waals surface area (Å²) in [4.78, 5) is 0. The van der Waals surface area contributed by atoms with Crippen LogP contribution in [0.1, 0.15) is 0 Å². The number of halogens is 4. The Bertz CT molecular complexity index is 488. The molecule has 2 rings (SSSR count). The van der Waals surface area contributed by atoms with Gasteiger partial charge in [-0.25, -0.2) is 4.39 Å². The van der Waals surface area contributed by atoms with Crippen LogP contribution in [0, 0.1) is 5.82 Å². The largest absolute Gasteiger partial charge is 0.497 e. The van der Waals surface area contributed by atoms with Crippen LogP contribution in [0.2, 0.25) is 0 Å². The summed E-state index contributed by atoms with van der Waals surface area (Å²) in [7, 11) is 0. The van der Waals surface area contributed by atoms with Gasteiger partial charge in [0.2, 0.25) is 0 Å². The highest BCUT2D eigenvalue weighted by atomic mass is 19.4. The second-order valence-corrected chi connectivity index (χ2v) is 3.35. The Morgan fingerprint density at radius 2 is 1.87 bits per heavy atom. The van der Waals surface area contributed by atoms with E-state index in [-0.39, 0.29) is 10.9 Å². The quantitative estimate of drug-likeness (QED) is 0.536. The van der Waals surface area contributed by atoms with Gasteiger partial charge in [-0.2, -0.15) is 0 Å². The summed E-state index contributed by atoms with van der Waals surface area (Å²) >= 11 is 0. The number of aromatic nitrogens is 1. The molecular weight excluding hydrogens is 209 g/mol. The third-order valence-electron chi connectivity index (χ3n) is 2.16. The maximum atomic E-state index is 13.1. The lowest BCUT2D eigenvalue weighted by Gasteiger charge is -2.15. The molecule has 1 aromatic heterocycles. The van der Waals surface area contributed by atoms with Crippen molar-refractivity contribution in [2.45, 2.75) is 6.44 Å². The minimum absolute atomic E-state index is 0.220. The van der Waals surface area contributed by atoms with Crippen LogP contribution in [-0.2, 0) is 6.44 Å². The van der Waals surface area contributed by atoms with Gasteiger partial charge < -0.3 is 17.5 Å². The Hall–Kier alpha value is -1.46. The highest BCUT2D eigenvalue weighted by Gasteiger charge is 2.24. The average molecular weight is 216 g/mol. The molecule has 6 heteroatoms. The van der Waals surface area contributed by atoms with Gasteiger partial charge in [0, 0.05) is 17.1 Å². The molecule has 0 saturated carbocycles. The zero-order valence-corrected chi connectivity index (χ0v) is 7.63. The lowest BCUT2D eigenvalue weighted by atomic mass is 9.92. The first-order valence-electron chi connectivity index (χ1n) is 4.42. The predicted octanol–water partition coefficient (Wildman–Crippen LogP) is 3.17. The van der Waals surface area contributed by atoms with Gasteiger partial charge in [0.25, 0.3) is 0 Å². The number of benzene rings is 1. The fraction of sp³-hybridized carbons (Fsp3) is 0.111. The Kier molecular flexibility index (Phi) is 2.21. The van der Waals surface area contributed by atoms with Crippen LogP contribution >= 0.6 is 0 Å². The number of hydrogen-bond acceptors (Lipinski definition) is 0. The maximum Gasteiger partial charge on any atom is 0.497 e. The third kappa shape index (κ3) is 1.98. The maximum absolute atomic E-state index is 13.1. The minimum Gasteiger partial charge on any atom is -0.448 e. The molecule has 2 aromatic rings. The van der Waals surface area contributed by atoms with Crippen molar-refractivity contribution in [2.24, 2.45) is 0 Å². The normalized spacial score (nSPS) is 12.3. The summed E-state index contributed by atoms with van der Waals surface area (Å²) in [6.07, 6.45) is 0.218. The summed E-state index contributed by atoms with van der Waals surface area (Å²) in [6, 6.07) is 5.45. The lowest BCUT2D eigenvalue weighted by Crippen LogP contribution is -2.23. The lowest BCUT2D eigenvalue weighted by molar-refractivity contribution is 0.448. The van der Waals surface area contributed by atoms with E-state index in [1.807, 2.05) is 0 Å². The van der Waals surface area contributed by atoms with Crippen molar-refractivity contribution in [1.29, 1.82) is 0 Å². The SMILES string of the molecule is Fc1cccc2c1ccn2C[B-](F)(F)F. The molecule has 1 aromatic carbocycles. The summed E-state index contributed by atoms with van der Waals surface area (Å²) in [5.41, 5.74) is 0.272. The van der Waals surface area contributed by atoms with E-state index < -0.39 is 19.2 Å². The summed E-state index contributed by atoms with van der Waals surface area (Å²) in [5.74, 6) is -0.499. The molecule has 0 aliphatic carbocycles. The van der Waals surface area contributed by atoms with Gasteiger partial charge in [-0.1, -0.05) is 6.07 Å². The van der Waals surface area contributed by atoms with Crippen molar-refractivity contribution >= 4 is 17.9 Å². The third-order valence-corrected chi connectivity index (χ3v) is 2.16. The fourth-order valence-electron chi connectivity index (χ4n) is 1.57. The molecule has 0 atom stereocenters. The second kappa shape index (κ2) is 3.29. The van der Waals surface area contributed by atoms with Crippen molar-refractivity contribution in [3.05, 3.63) is 36.3 Å². The Morgan fingerprint density at radius 1 is 1.13 bits per heavy atom. The van der Waals surface area contributed by atoms with E-state index in [0.717, 1.165) is 4.57 Å². The smallest absolute Gasteiger partial charge is 0.448 e. The van der Waals surface area contributed by atoms with Gasteiger partial charge in [0.05, 0.1) is 0 Å². The van der Waals surface area contributed by atoms with Crippen molar-refractivity contribution in [2.75, 3.05) is 0 Å². The highest BCUT2D eigenvalue weighted by molar-refractivity contribution is 6.57. The zero-order valence-electron chi connectivity index (χ0n) is 7.63. The summed E-state index contributed by atoms with van der Waals surface area (Å²) in [6.45, 7) is -4.91. The molecule has 15 heavy (non-hydrogen) atoms. The number of fused-ring (bicyclic) bond motifs is 1. The van der Waals surface area contributed by atoms with Gasteiger partial charge >= 0.3 is 6.98 Å². The van der Waals surface area contributed by atoms with Crippen LogP contribution in [0.5, 0.6) is 0 Å². The van der Waals surface area contributed by atoms with Gasteiger partial charge in [-0.15, -0.1) is 0 Å². The van der Waals surface area contributed by atoms with E-state index in [2.05, 4.69) is 0 Å². The van der Waals surface area contributed by atoms with E-state index in [1.165, 1.54) is 30.5 Å². The van der Waals surface area contributed by atoms with Crippen LogP contribution in [0.3, 0.4) is 0 Å². The topological polar surface area (TPSA) is 4.93 Å². The average Bonchev–Trinajstić information content (AvgIpc) is 2.48. The summed E-state index contributed by atoms with van der Waals surface area (Å²) in [5, 5.41) is 0.220. The standard InChI is InChI=1S/C9H7BF4N/c11-8-2-1-3-9-7(8)4-5-15(9)6-10(12,13)14/h1-5H,6H2/q-1. The van der Waals surface area contributed by atoms with Crippen LogP contribution in [0.15, 0.2) is 30.5 Å². The van der Waals surface area contributed by atoms with E-state index in [1.54, 1.807) is 0 Å².